The molecule has 1 N–H and O–H groups in total. The van der Waals surface area contributed by atoms with E-state index < -0.39 is 6.04 Å². The summed E-state index contributed by atoms with van der Waals surface area (Å²) in [6.45, 7) is 4.29. The first-order valence-electron chi connectivity index (χ1n) is 7.80. The van der Waals surface area contributed by atoms with Crippen LogP contribution in [0.25, 0.3) is 0 Å². The van der Waals surface area contributed by atoms with Crippen LogP contribution in [0, 0.1) is 0 Å². The molecule has 0 unspecified atom stereocenters. The maximum atomic E-state index is 12.7. The first kappa shape index (κ1) is 16.6. The lowest BCUT2D eigenvalue weighted by molar-refractivity contribution is -0.139. The minimum absolute atomic E-state index is 0.348. The van der Waals surface area contributed by atoms with E-state index in [0.717, 1.165) is 22.9 Å². The fraction of sp³-hybridized carbons (Fsp3) is 0.375. The molecule has 8 heteroatoms. The molecule has 0 saturated heterocycles. The predicted octanol–water partition coefficient (Wildman–Crippen LogP) is 3.07. The molecule has 1 aliphatic heterocycles. The topological polar surface area (TPSA) is 81.9 Å². The second kappa shape index (κ2) is 7.12. The van der Waals surface area contributed by atoms with Gasteiger partial charge in [-0.3, -0.25) is 0 Å². The van der Waals surface area contributed by atoms with Gasteiger partial charge in [0, 0.05) is 10.2 Å². The predicted molar refractivity (Wildman–Crippen MR) is 92.3 cm³/mol. The smallest absolute Gasteiger partial charge is 0.338 e. The van der Waals surface area contributed by atoms with Crippen molar-refractivity contribution in [3.63, 3.8) is 0 Å². The Morgan fingerprint density at radius 2 is 2.29 bits per heavy atom. The summed E-state index contributed by atoms with van der Waals surface area (Å²) in [7, 11) is 0. The molecule has 0 fully saturated rings. The number of allylic oxidation sites excluding steroid dienone is 1. The van der Waals surface area contributed by atoms with Crippen LogP contribution < -0.4 is 5.32 Å². The van der Waals surface area contributed by atoms with Crippen molar-refractivity contribution < 1.29 is 9.53 Å². The van der Waals surface area contributed by atoms with Gasteiger partial charge >= 0.3 is 5.97 Å². The first-order valence-corrected chi connectivity index (χ1v) is 8.59. The van der Waals surface area contributed by atoms with Gasteiger partial charge in [0.15, 0.2) is 0 Å². The van der Waals surface area contributed by atoms with Crippen molar-refractivity contribution in [1.29, 1.82) is 0 Å². The van der Waals surface area contributed by atoms with Crippen molar-refractivity contribution in [2.45, 2.75) is 32.7 Å². The molecule has 0 spiro atoms. The first-order chi connectivity index (χ1) is 11.6. The molecule has 2 aromatic rings. The highest BCUT2D eigenvalue weighted by Crippen LogP contribution is 2.35. The molecular formula is C16H18BrN5O2. The third-order valence-corrected chi connectivity index (χ3v) is 4.32. The number of hydrogen-bond donors (Lipinski definition) is 1. The number of esters is 1. The fourth-order valence-corrected chi connectivity index (χ4v) is 3.07. The molecule has 7 nitrogen and oxygen atoms in total. The number of rotatable bonds is 5. The lowest BCUT2D eigenvalue weighted by atomic mass is 9.96. The molecule has 126 valence electrons. The van der Waals surface area contributed by atoms with Crippen LogP contribution in [0.4, 0.5) is 5.95 Å². The molecule has 1 aromatic heterocycles. The number of unbranched alkanes of at least 4 members (excludes halogenated alkanes) is 1. The summed E-state index contributed by atoms with van der Waals surface area (Å²) in [6, 6.07) is 7.32. The molecular weight excluding hydrogens is 374 g/mol. The largest absolute Gasteiger partial charge is 0.462 e. The Morgan fingerprint density at radius 3 is 3.04 bits per heavy atom. The number of carbonyl (C=O) groups excluding carboxylic acids is 1. The minimum atomic E-state index is -0.428. The Balaban J connectivity index is 2.02. The van der Waals surface area contributed by atoms with Crippen molar-refractivity contribution in [3.8, 4) is 0 Å². The maximum Gasteiger partial charge on any atom is 0.338 e. The van der Waals surface area contributed by atoms with Crippen LogP contribution in [0.5, 0.6) is 0 Å². The van der Waals surface area contributed by atoms with Gasteiger partial charge in [-0.2, -0.15) is 4.68 Å². The normalized spacial score (nSPS) is 16.5. The highest BCUT2D eigenvalue weighted by atomic mass is 79.9. The van der Waals surface area contributed by atoms with Crippen LogP contribution in [-0.4, -0.2) is 32.8 Å². The van der Waals surface area contributed by atoms with Crippen LogP contribution in [0.1, 0.15) is 38.3 Å². The van der Waals surface area contributed by atoms with E-state index in [1.54, 1.807) is 4.68 Å². The summed E-state index contributed by atoms with van der Waals surface area (Å²) in [5, 5.41) is 14.8. The lowest BCUT2D eigenvalue weighted by Gasteiger charge is -2.27. The average molecular weight is 392 g/mol. The number of nitrogens with one attached hydrogen (secondary N) is 1. The van der Waals surface area contributed by atoms with Gasteiger partial charge in [-0.15, -0.1) is 0 Å². The van der Waals surface area contributed by atoms with E-state index in [1.807, 2.05) is 31.2 Å². The molecule has 0 saturated carbocycles. The number of fused-ring (bicyclic) bond motifs is 1. The number of carbonyl (C=O) groups is 1. The van der Waals surface area contributed by atoms with Crippen LogP contribution in [0.15, 0.2) is 40.0 Å². The van der Waals surface area contributed by atoms with Gasteiger partial charge < -0.3 is 10.1 Å². The number of anilines is 1. The number of halogens is 1. The van der Waals surface area contributed by atoms with Crippen molar-refractivity contribution in [2.75, 3.05) is 11.9 Å². The Morgan fingerprint density at radius 1 is 1.46 bits per heavy atom. The highest BCUT2D eigenvalue weighted by molar-refractivity contribution is 9.10. The SMILES string of the molecule is CCCCOC(=O)C1=C(C)Nc2nnnn2[C@@H]1c1cccc(Br)c1. The van der Waals surface area contributed by atoms with Gasteiger partial charge in [0.05, 0.1) is 12.2 Å². The van der Waals surface area contributed by atoms with E-state index in [2.05, 4.69) is 43.7 Å². The number of ether oxygens (including phenoxy) is 1. The number of hydrogen-bond acceptors (Lipinski definition) is 6. The van der Waals surface area contributed by atoms with Crippen LogP contribution in [0.2, 0.25) is 0 Å². The molecule has 3 rings (SSSR count). The van der Waals surface area contributed by atoms with Crippen LogP contribution in [0.3, 0.4) is 0 Å². The van der Waals surface area contributed by atoms with Crippen LogP contribution >= 0.6 is 15.9 Å². The molecule has 2 heterocycles. The quantitative estimate of drug-likeness (QED) is 0.622. The number of tetrazole rings is 1. The van der Waals surface area contributed by atoms with Crippen molar-refractivity contribution in [1.82, 2.24) is 20.2 Å². The second-order valence-electron chi connectivity index (χ2n) is 5.56. The zero-order valence-electron chi connectivity index (χ0n) is 13.5. The van der Waals surface area contributed by atoms with Crippen molar-refractivity contribution in [2.24, 2.45) is 0 Å². The van der Waals surface area contributed by atoms with Crippen molar-refractivity contribution >= 4 is 27.8 Å². The van der Waals surface area contributed by atoms with Gasteiger partial charge in [-0.25, -0.2) is 4.79 Å². The third-order valence-electron chi connectivity index (χ3n) is 3.83. The third kappa shape index (κ3) is 3.19. The number of benzene rings is 1. The summed E-state index contributed by atoms with van der Waals surface area (Å²) in [5.74, 6) is 0.155. The summed E-state index contributed by atoms with van der Waals surface area (Å²) in [4.78, 5) is 12.7. The lowest BCUT2D eigenvalue weighted by Crippen LogP contribution is -2.29. The van der Waals surface area contributed by atoms with E-state index in [4.69, 9.17) is 4.74 Å². The summed E-state index contributed by atoms with van der Waals surface area (Å²) >= 11 is 3.47. The molecule has 1 atom stereocenters. The molecule has 1 aromatic carbocycles. The summed E-state index contributed by atoms with van der Waals surface area (Å²) < 4.78 is 7.96. The van der Waals surface area contributed by atoms with E-state index >= 15 is 0 Å². The van der Waals surface area contributed by atoms with Gasteiger partial charge in [0.1, 0.15) is 6.04 Å². The van der Waals surface area contributed by atoms with Gasteiger partial charge in [0.25, 0.3) is 0 Å². The van der Waals surface area contributed by atoms with E-state index in [-0.39, 0.29) is 5.97 Å². The van der Waals surface area contributed by atoms with Gasteiger partial charge in [0.2, 0.25) is 5.95 Å². The molecule has 0 amide bonds. The standard InChI is InChI=1S/C16H18BrN5O2/c1-3-4-8-24-15(23)13-10(2)18-16-19-20-21-22(16)14(13)11-6-5-7-12(17)9-11/h5-7,9,14H,3-4,8H2,1-2H3,(H,18,19,21)/t14-/m1/s1. The Labute approximate surface area is 148 Å². The molecule has 0 bridgehead atoms. The van der Waals surface area contributed by atoms with E-state index in [9.17, 15) is 4.79 Å². The monoisotopic (exact) mass is 391 g/mol. The highest BCUT2D eigenvalue weighted by Gasteiger charge is 2.34. The number of aromatic nitrogens is 4. The van der Waals surface area contributed by atoms with Crippen molar-refractivity contribution in [3.05, 3.63) is 45.6 Å². The minimum Gasteiger partial charge on any atom is -0.462 e. The Kier molecular flexibility index (Phi) is 4.94. The Hall–Kier alpha value is -2.22. The maximum absolute atomic E-state index is 12.7. The zero-order valence-corrected chi connectivity index (χ0v) is 15.1. The molecule has 0 aliphatic carbocycles. The molecule has 24 heavy (non-hydrogen) atoms. The zero-order chi connectivity index (χ0) is 17.1. The fourth-order valence-electron chi connectivity index (χ4n) is 2.65. The van der Waals surface area contributed by atoms with Gasteiger partial charge in [-0.1, -0.05) is 46.5 Å². The molecule has 0 radical (unpaired) electrons. The van der Waals surface area contributed by atoms with Gasteiger partial charge in [-0.05, 0) is 41.5 Å². The summed E-state index contributed by atoms with van der Waals surface area (Å²) in [6.07, 6.45) is 1.80. The average Bonchev–Trinajstić information content (AvgIpc) is 3.01. The van der Waals surface area contributed by atoms with E-state index in [1.165, 1.54) is 0 Å². The number of nitrogens with zero attached hydrogens (tertiary/aromatic N) is 4. The summed E-state index contributed by atoms with van der Waals surface area (Å²) in [5.41, 5.74) is 2.12. The second-order valence-corrected chi connectivity index (χ2v) is 6.47. The Bertz CT molecular complexity index is 786. The molecule has 1 aliphatic rings. The van der Waals surface area contributed by atoms with E-state index in [0.29, 0.717) is 23.8 Å². The van der Waals surface area contributed by atoms with Crippen LogP contribution in [-0.2, 0) is 9.53 Å².